The quantitative estimate of drug-likeness (QED) is 0.279. The molecule has 2 atom stereocenters. The van der Waals surface area contributed by atoms with Crippen LogP contribution in [0.15, 0.2) is 73.1 Å². The lowest BCUT2D eigenvalue weighted by Crippen LogP contribution is -2.46. The van der Waals surface area contributed by atoms with Crippen LogP contribution in [0.25, 0.3) is 10.9 Å². The molecule has 11 heteroatoms. The first kappa shape index (κ1) is 29.3. The summed E-state index contributed by atoms with van der Waals surface area (Å²) >= 11 is 0. The van der Waals surface area contributed by atoms with Gasteiger partial charge >= 0.3 is 6.09 Å². The number of carbonyl (C=O) groups is 2. The highest BCUT2D eigenvalue weighted by molar-refractivity contribution is 6.11. The van der Waals surface area contributed by atoms with Crippen molar-refractivity contribution in [2.24, 2.45) is 11.7 Å². The average molecular weight is 596 g/mol. The Morgan fingerprint density at radius 1 is 1.00 bits per heavy atom. The smallest absolute Gasteiger partial charge is 0.412 e. The molecule has 0 aliphatic carbocycles. The number of piperidine rings is 1. The van der Waals surface area contributed by atoms with Crippen LogP contribution in [0.4, 0.5) is 27.5 Å². The summed E-state index contributed by atoms with van der Waals surface area (Å²) in [6.07, 6.45) is 3.59. The largest absolute Gasteiger partial charge is 0.444 e. The van der Waals surface area contributed by atoms with Gasteiger partial charge in [-0.05, 0) is 42.2 Å². The van der Waals surface area contributed by atoms with Gasteiger partial charge in [-0.2, -0.15) is 0 Å². The standard InChI is InChI=1S/C33H37N7O4/c1-22-15-25(34)20-40(19-22)30-9-10-35-18-29(30)37-32(41)31-28(38-33(42)44-21-23-5-3-2-4-6-23)16-24-7-8-26(17-27(24)36-31)39-11-13-43-14-12-39/h2-10,16-18,22,25H,11-15,19-21,34H2,1H3,(H,37,41)(H,38,42). The zero-order valence-corrected chi connectivity index (χ0v) is 24.7. The molecule has 11 nitrogen and oxygen atoms in total. The van der Waals surface area contributed by atoms with E-state index in [0.29, 0.717) is 36.9 Å². The topological polar surface area (TPSA) is 135 Å². The van der Waals surface area contributed by atoms with Gasteiger partial charge in [0.15, 0.2) is 5.69 Å². The Kier molecular flexibility index (Phi) is 8.85. The van der Waals surface area contributed by atoms with Gasteiger partial charge in [-0.3, -0.25) is 15.1 Å². The van der Waals surface area contributed by atoms with Crippen LogP contribution in [0.1, 0.15) is 29.4 Å². The molecule has 0 radical (unpaired) electrons. The van der Waals surface area contributed by atoms with Gasteiger partial charge in [0.25, 0.3) is 5.91 Å². The highest BCUT2D eigenvalue weighted by Gasteiger charge is 2.26. The van der Waals surface area contributed by atoms with Crippen LogP contribution in [0, 0.1) is 5.92 Å². The van der Waals surface area contributed by atoms with E-state index in [2.05, 4.69) is 32.3 Å². The fourth-order valence-corrected chi connectivity index (χ4v) is 5.85. The predicted molar refractivity (Wildman–Crippen MR) is 171 cm³/mol. The molecule has 4 N–H and O–H groups in total. The minimum Gasteiger partial charge on any atom is -0.444 e. The number of nitrogens with zero attached hydrogens (tertiary/aromatic N) is 4. The number of fused-ring (bicyclic) bond motifs is 1. The van der Waals surface area contributed by atoms with Crippen LogP contribution < -0.4 is 26.2 Å². The Hall–Kier alpha value is -4.74. The number of nitrogens with two attached hydrogens (primary N) is 1. The minimum absolute atomic E-state index is 0.0379. The molecule has 2 aliphatic rings. The van der Waals surface area contributed by atoms with Crippen LogP contribution in [0.3, 0.4) is 0 Å². The minimum atomic E-state index is -0.688. The number of morpholine rings is 1. The molecule has 2 aromatic heterocycles. The van der Waals surface area contributed by atoms with E-state index >= 15 is 0 Å². The van der Waals surface area contributed by atoms with Crippen molar-refractivity contribution in [2.45, 2.75) is 26.0 Å². The maximum Gasteiger partial charge on any atom is 0.412 e. The van der Waals surface area contributed by atoms with E-state index in [1.54, 1.807) is 18.5 Å². The number of nitrogens with one attached hydrogen (secondary N) is 2. The van der Waals surface area contributed by atoms with Crippen LogP contribution in [0.5, 0.6) is 0 Å². The number of hydrogen-bond acceptors (Lipinski definition) is 9. The Bertz CT molecular complexity index is 1620. The Morgan fingerprint density at radius 2 is 1.82 bits per heavy atom. The molecule has 4 aromatic rings. The molecule has 0 saturated carbocycles. The number of hydrogen-bond donors (Lipinski definition) is 3. The molecule has 2 amide bonds. The number of aromatic nitrogens is 2. The van der Waals surface area contributed by atoms with Gasteiger partial charge in [0.2, 0.25) is 0 Å². The van der Waals surface area contributed by atoms with Crippen molar-refractivity contribution in [1.29, 1.82) is 0 Å². The highest BCUT2D eigenvalue weighted by atomic mass is 16.5. The lowest BCUT2D eigenvalue weighted by atomic mass is 9.96. The number of rotatable bonds is 7. The maximum absolute atomic E-state index is 13.9. The van der Waals surface area contributed by atoms with Gasteiger partial charge in [-0.1, -0.05) is 43.3 Å². The fourth-order valence-electron chi connectivity index (χ4n) is 5.85. The van der Waals surface area contributed by atoms with E-state index in [4.69, 9.17) is 20.2 Å². The number of pyridine rings is 2. The van der Waals surface area contributed by atoms with Gasteiger partial charge in [0.1, 0.15) is 6.61 Å². The van der Waals surface area contributed by atoms with Crippen molar-refractivity contribution in [3.05, 3.63) is 84.3 Å². The summed E-state index contributed by atoms with van der Waals surface area (Å²) in [6, 6.07) is 19.0. The van der Waals surface area contributed by atoms with E-state index in [0.717, 1.165) is 48.4 Å². The van der Waals surface area contributed by atoms with E-state index in [1.807, 2.05) is 54.6 Å². The lowest BCUT2D eigenvalue weighted by molar-refractivity contribution is 0.102. The molecule has 4 heterocycles. The Labute approximate surface area is 256 Å². The average Bonchev–Trinajstić information content (AvgIpc) is 3.04. The predicted octanol–water partition coefficient (Wildman–Crippen LogP) is 4.64. The van der Waals surface area contributed by atoms with Crippen molar-refractivity contribution in [1.82, 2.24) is 9.97 Å². The zero-order chi connectivity index (χ0) is 30.5. The molecule has 6 rings (SSSR count). The van der Waals surface area contributed by atoms with E-state index in [9.17, 15) is 9.59 Å². The first-order valence-corrected chi connectivity index (χ1v) is 14.9. The van der Waals surface area contributed by atoms with Crippen LogP contribution in [-0.4, -0.2) is 67.4 Å². The lowest BCUT2D eigenvalue weighted by Gasteiger charge is -2.37. The van der Waals surface area contributed by atoms with E-state index in [1.165, 1.54) is 0 Å². The van der Waals surface area contributed by atoms with E-state index < -0.39 is 12.0 Å². The Morgan fingerprint density at radius 3 is 2.61 bits per heavy atom. The van der Waals surface area contributed by atoms with Gasteiger partial charge in [-0.25, -0.2) is 9.78 Å². The second kappa shape index (κ2) is 13.3. The molecular formula is C33H37N7O4. The first-order valence-electron chi connectivity index (χ1n) is 14.9. The summed E-state index contributed by atoms with van der Waals surface area (Å²) in [6.45, 7) is 6.61. The van der Waals surface area contributed by atoms with Gasteiger partial charge in [0, 0.05) is 49.5 Å². The monoisotopic (exact) mass is 595 g/mol. The second-order valence-corrected chi connectivity index (χ2v) is 11.4. The summed E-state index contributed by atoms with van der Waals surface area (Å²) in [4.78, 5) is 40.3. The molecule has 2 fully saturated rings. The number of ether oxygens (including phenoxy) is 2. The van der Waals surface area contributed by atoms with Gasteiger partial charge in [-0.15, -0.1) is 0 Å². The summed E-state index contributed by atoms with van der Waals surface area (Å²) in [5, 5.41) is 6.53. The molecule has 2 saturated heterocycles. The third kappa shape index (κ3) is 6.90. The van der Waals surface area contributed by atoms with Crippen molar-refractivity contribution < 1.29 is 19.1 Å². The second-order valence-electron chi connectivity index (χ2n) is 11.4. The third-order valence-corrected chi connectivity index (χ3v) is 7.92. The molecule has 2 unspecified atom stereocenters. The van der Waals surface area contributed by atoms with Crippen molar-refractivity contribution >= 4 is 45.7 Å². The summed E-state index contributed by atoms with van der Waals surface area (Å²) in [7, 11) is 0. The third-order valence-electron chi connectivity index (χ3n) is 7.92. The SMILES string of the molecule is CC1CC(N)CN(c2ccncc2NC(=O)c2nc3cc(N4CCOCC4)ccc3cc2NC(=O)OCc2ccccc2)C1. The van der Waals surface area contributed by atoms with Crippen LogP contribution in [0.2, 0.25) is 0 Å². The fraction of sp³-hybridized carbons (Fsp3) is 0.333. The number of carbonyl (C=O) groups excluding carboxylic acids is 2. The highest BCUT2D eigenvalue weighted by Crippen LogP contribution is 2.31. The van der Waals surface area contributed by atoms with Crippen LogP contribution >= 0.6 is 0 Å². The Balaban J connectivity index is 1.30. The van der Waals surface area contributed by atoms with Crippen molar-refractivity contribution in [2.75, 3.05) is 59.8 Å². The van der Waals surface area contributed by atoms with Crippen molar-refractivity contribution in [3.8, 4) is 0 Å². The number of benzene rings is 2. The summed E-state index contributed by atoms with van der Waals surface area (Å²) in [5.41, 5.74) is 10.5. The molecule has 44 heavy (non-hydrogen) atoms. The molecule has 0 bridgehead atoms. The maximum atomic E-state index is 13.9. The molecular weight excluding hydrogens is 558 g/mol. The molecule has 2 aromatic carbocycles. The number of anilines is 4. The van der Waals surface area contributed by atoms with Crippen molar-refractivity contribution in [3.63, 3.8) is 0 Å². The molecule has 0 spiro atoms. The van der Waals surface area contributed by atoms with Gasteiger partial charge in [0.05, 0.1) is 42.0 Å². The first-order chi connectivity index (χ1) is 21.4. The van der Waals surface area contributed by atoms with Gasteiger partial charge < -0.3 is 30.3 Å². The summed E-state index contributed by atoms with van der Waals surface area (Å²) < 4.78 is 11.0. The molecule has 228 valence electrons. The number of amides is 2. The van der Waals surface area contributed by atoms with E-state index in [-0.39, 0.29) is 24.0 Å². The molecule has 2 aliphatic heterocycles. The summed E-state index contributed by atoms with van der Waals surface area (Å²) in [5.74, 6) is -0.0679. The van der Waals surface area contributed by atoms with Crippen LogP contribution in [-0.2, 0) is 16.1 Å². The zero-order valence-electron chi connectivity index (χ0n) is 24.7. The normalized spacial score (nSPS) is 18.6.